The summed E-state index contributed by atoms with van der Waals surface area (Å²) in [7, 11) is 0. The molecule has 0 radical (unpaired) electrons. The van der Waals surface area contributed by atoms with E-state index in [1.54, 1.807) is 6.07 Å². The van der Waals surface area contributed by atoms with Gasteiger partial charge in [-0.05, 0) is 18.2 Å². The van der Waals surface area contributed by atoms with Gasteiger partial charge in [0.15, 0.2) is 6.29 Å². The fourth-order valence-corrected chi connectivity index (χ4v) is 1.82. The Balaban J connectivity index is 2.49. The molecule has 0 spiro atoms. The Labute approximate surface area is 90.1 Å². The highest BCUT2D eigenvalue weighted by atomic mass is 79.9. The van der Waals surface area contributed by atoms with E-state index in [9.17, 15) is 4.79 Å². The zero-order valence-electron chi connectivity index (χ0n) is 7.33. The summed E-state index contributed by atoms with van der Waals surface area (Å²) in [4.78, 5) is 13.5. The van der Waals surface area contributed by atoms with E-state index >= 15 is 0 Å². The summed E-state index contributed by atoms with van der Waals surface area (Å²) in [5.41, 5.74) is 2.59. The number of aromatic nitrogens is 1. The number of aromatic amines is 1. The van der Waals surface area contributed by atoms with Gasteiger partial charge in [-0.3, -0.25) is 4.79 Å². The molecule has 0 unspecified atom stereocenters. The van der Waals surface area contributed by atoms with Crippen LogP contribution in [0.3, 0.4) is 0 Å². The standard InChI is InChI=1S/C11H8BrNO/c12-10-4-2-1-3-9(10)11-6-5-8(7-14)13-11/h1-7,13H. The third kappa shape index (κ3) is 1.63. The molecular weight excluding hydrogens is 242 g/mol. The highest BCUT2D eigenvalue weighted by molar-refractivity contribution is 9.10. The minimum Gasteiger partial charge on any atom is -0.352 e. The van der Waals surface area contributed by atoms with Crippen molar-refractivity contribution in [2.45, 2.75) is 0 Å². The summed E-state index contributed by atoms with van der Waals surface area (Å²) < 4.78 is 1.01. The summed E-state index contributed by atoms with van der Waals surface area (Å²) >= 11 is 3.46. The first-order valence-electron chi connectivity index (χ1n) is 4.20. The number of carbonyl (C=O) groups is 1. The lowest BCUT2D eigenvalue weighted by atomic mass is 10.2. The van der Waals surface area contributed by atoms with Gasteiger partial charge in [0.1, 0.15) is 0 Å². The number of benzene rings is 1. The summed E-state index contributed by atoms with van der Waals surface area (Å²) in [6.07, 6.45) is 0.806. The van der Waals surface area contributed by atoms with Crippen LogP contribution in [0.1, 0.15) is 10.5 Å². The van der Waals surface area contributed by atoms with Crippen LogP contribution in [0.15, 0.2) is 40.9 Å². The maximum Gasteiger partial charge on any atom is 0.166 e. The number of rotatable bonds is 2. The fraction of sp³-hybridized carbons (Fsp3) is 0. The van der Waals surface area contributed by atoms with Gasteiger partial charge in [-0.2, -0.15) is 0 Å². The number of aldehydes is 1. The highest BCUT2D eigenvalue weighted by Gasteiger charge is 2.03. The van der Waals surface area contributed by atoms with Gasteiger partial charge in [0, 0.05) is 15.7 Å². The van der Waals surface area contributed by atoms with Crippen molar-refractivity contribution in [1.29, 1.82) is 0 Å². The predicted molar refractivity (Wildman–Crippen MR) is 59.3 cm³/mol. The van der Waals surface area contributed by atoms with E-state index in [0.29, 0.717) is 5.69 Å². The first kappa shape index (κ1) is 9.21. The molecule has 0 atom stereocenters. The van der Waals surface area contributed by atoms with Gasteiger partial charge in [0.2, 0.25) is 0 Å². The minimum absolute atomic E-state index is 0.593. The van der Waals surface area contributed by atoms with Crippen LogP contribution in [0.2, 0.25) is 0 Å². The Hall–Kier alpha value is -1.35. The molecule has 0 aliphatic carbocycles. The average molecular weight is 250 g/mol. The van der Waals surface area contributed by atoms with E-state index in [0.717, 1.165) is 22.0 Å². The second-order valence-corrected chi connectivity index (χ2v) is 3.78. The molecule has 2 rings (SSSR count). The largest absolute Gasteiger partial charge is 0.352 e. The third-order valence-corrected chi connectivity index (χ3v) is 2.69. The summed E-state index contributed by atoms with van der Waals surface area (Å²) in [5, 5.41) is 0. The van der Waals surface area contributed by atoms with Gasteiger partial charge in [-0.15, -0.1) is 0 Å². The van der Waals surface area contributed by atoms with Crippen LogP contribution in [-0.2, 0) is 0 Å². The van der Waals surface area contributed by atoms with Gasteiger partial charge < -0.3 is 4.98 Å². The molecule has 14 heavy (non-hydrogen) atoms. The van der Waals surface area contributed by atoms with Crippen LogP contribution in [0.4, 0.5) is 0 Å². The normalized spacial score (nSPS) is 10.1. The molecule has 1 heterocycles. The highest BCUT2D eigenvalue weighted by Crippen LogP contribution is 2.26. The maximum atomic E-state index is 10.5. The van der Waals surface area contributed by atoms with E-state index in [2.05, 4.69) is 20.9 Å². The molecule has 0 amide bonds. The molecule has 0 aliphatic rings. The Morgan fingerprint density at radius 1 is 1.14 bits per heavy atom. The zero-order valence-corrected chi connectivity index (χ0v) is 8.91. The van der Waals surface area contributed by atoms with Crippen molar-refractivity contribution in [2.75, 3.05) is 0 Å². The van der Waals surface area contributed by atoms with Crippen molar-refractivity contribution < 1.29 is 4.79 Å². The summed E-state index contributed by atoms with van der Waals surface area (Å²) in [6, 6.07) is 11.5. The van der Waals surface area contributed by atoms with E-state index in [1.165, 1.54) is 0 Å². The molecule has 2 nitrogen and oxygen atoms in total. The lowest BCUT2D eigenvalue weighted by molar-refractivity contribution is 0.111. The van der Waals surface area contributed by atoms with E-state index in [-0.39, 0.29) is 0 Å². The second-order valence-electron chi connectivity index (χ2n) is 2.93. The maximum absolute atomic E-state index is 10.5. The SMILES string of the molecule is O=Cc1ccc(-c2ccccc2Br)[nH]1. The molecule has 2 aromatic rings. The van der Waals surface area contributed by atoms with Gasteiger partial charge in [0.05, 0.1) is 5.69 Å². The van der Waals surface area contributed by atoms with Crippen molar-refractivity contribution in [3.8, 4) is 11.3 Å². The van der Waals surface area contributed by atoms with Crippen LogP contribution in [-0.4, -0.2) is 11.3 Å². The molecule has 1 aromatic heterocycles. The Kier molecular flexibility index (Phi) is 2.50. The second kappa shape index (κ2) is 3.80. The van der Waals surface area contributed by atoms with Crippen LogP contribution in [0.5, 0.6) is 0 Å². The fourth-order valence-electron chi connectivity index (χ4n) is 1.32. The summed E-state index contributed by atoms with van der Waals surface area (Å²) in [5.74, 6) is 0. The van der Waals surface area contributed by atoms with Crippen LogP contribution < -0.4 is 0 Å². The number of hydrogen-bond acceptors (Lipinski definition) is 1. The average Bonchev–Trinajstić information content (AvgIpc) is 2.67. The lowest BCUT2D eigenvalue weighted by Gasteiger charge is -2.00. The van der Waals surface area contributed by atoms with Crippen molar-refractivity contribution in [3.05, 3.63) is 46.6 Å². The third-order valence-electron chi connectivity index (χ3n) is 2.00. The molecule has 3 heteroatoms. The van der Waals surface area contributed by atoms with E-state index in [1.807, 2.05) is 30.3 Å². The van der Waals surface area contributed by atoms with E-state index < -0.39 is 0 Å². The van der Waals surface area contributed by atoms with Crippen LogP contribution in [0, 0.1) is 0 Å². The van der Waals surface area contributed by atoms with Crippen molar-refractivity contribution >= 4 is 22.2 Å². The first-order chi connectivity index (χ1) is 6.81. The smallest absolute Gasteiger partial charge is 0.166 e. The van der Waals surface area contributed by atoms with Crippen LogP contribution in [0.25, 0.3) is 11.3 Å². The zero-order chi connectivity index (χ0) is 9.97. The van der Waals surface area contributed by atoms with Gasteiger partial charge in [-0.25, -0.2) is 0 Å². The lowest BCUT2D eigenvalue weighted by Crippen LogP contribution is -1.81. The predicted octanol–water partition coefficient (Wildman–Crippen LogP) is 3.26. The van der Waals surface area contributed by atoms with Gasteiger partial charge in [0.25, 0.3) is 0 Å². The van der Waals surface area contributed by atoms with Crippen molar-refractivity contribution in [1.82, 2.24) is 4.98 Å². The van der Waals surface area contributed by atoms with Crippen molar-refractivity contribution in [3.63, 3.8) is 0 Å². The number of nitrogens with one attached hydrogen (secondary N) is 1. The molecule has 1 N–H and O–H groups in total. The Morgan fingerprint density at radius 2 is 1.93 bits per heavy atom. The molecule has 0 saturated carbocycles. The topological polar surface area (TPSA) is 32.9 Å². The quantitative estimate of drug-likeness (QED) is 0.815. The molecule has 0 bridgehead atoms. The molecular formula is C11H8BrNO. The first-order valence-corrected chi connectivity index (χ1v) is 4.99. The molecule has 70 valence electrons. The molecule has 0 aliphatic heterocycles. The number of H-pyrrole nitrogens is 1. The molecule has 0 saturated heterocycles. The minimum atomic E-state index is 0.593. The van der Waals surface area contributed by atoms with Crippen molar-refractivity contribution in [2.24, 2.45) is 0 Å². The van der Waals surface area contributed by atoms with Gasteiger partial charge in [-0.1, -0.05) is 34.1 Å². The molecule has 1 aromatic carbocycles. The number of halogens is 1. The number of hydrogen-bond donors (Lipinski definition) is 1. The monoisotopic (exact) mass is 249 g/mol. The van der Waals surface area contributed by atoms with Crippen LogP contribution >= 0.6 is 15.9 Å². The molecule has 0 fully saturated rings. The Morgan fingerprint density at radius 3 is 2.57 bits per heavy atom. The number of carbonyl (C=O) groups excluding carboxylic acids is 1. The van der Waals surface area contributed by atoms with E-state index in [4.69, 9.17) is 0 Å². The Bertz CT molecular complexity index is 462. The summed E-state index contributed by atoms with van der Waals surface area (Å²) in [6.45, 7) is 0. The van der Waals surface area contributed by atoms with Gasteiger partial charge >= 0.3 is 0 Å².